The maximum atomic E-state index is 13.0. The number of hydrogen-bond acceptors (Lipinski definition) is 3. The number of carbonyl (C=O) groups is 1. The molecular weight excluding hydrogens is 300 g/mol. The number of hydrogen-bond donors (Lipinski definition) is 0. The highest BCUT2D eigenvalue weighted by Gasteiger charge is 2.32. The van der Waals surface area contributed by atoms with Crippen molar-refractivity contribution >= 4 is 11.7 Å². The zero-order valence-corrected chi connectivity index (χ0v) is 15.2. The summed E-state index contributed by atoms with van der Waals surface area (Å²) in [5.41, 5.74) is 2.05. The molecule has 1 aromatic heterocycles. The average molecular weight is 330 g/mol. The highest BCUT2D eigenvalue weighted by molar-refractivity contribution is 5.93. The number of anilines is 1. The predicted octanol–water partition coefficient (Wildman–Crippen LogP) is 3.01. The van der Waals surface area contributed by atoms with Crippen LogP contribution >= 0.6 is 0 Å². The Kier molecular flexibility index (Phi) is 5.39. The molecule has 5 nitrogen and oxygen atoms in total. The number of nitrogens with zero attached hydrogens (tertiary/aromatic N) is 4. The Morgan fingerprint density at radius 3 is 3.04 bits per heavy atom. The molecule has 0 unspecified atom stereocenters. The van der Waals surface area contributed by atoms with Crippen molar-refractivity contribution < 1.29 is 4.79 Å². The molecule has 2 aliphatic rings. The fourth-order valence-electron chi connectivity index (χ4n) is 3.71. The third-order valence-electron chi connectivity index (χ3n) is 5.31. The van der Waals surface area contributed by atoms with E-state index in [4.69, 9.17) is 0 Å². The summed E-state index contributed by atoms with van der Waals surface area (Å²) >= 11 is 0. The minimum absolute atomic E-state index is 0.156. The fraction of sp³-hybridized carbons (Fsp3) is 0.684. The summed E-state index contributed by atoms with van der Waals surface area (Å²) in [4.78, 5) is 23.8. The van der Waals surface area contributed by atoms with Crippen LogP contribution in [0.3, 0.4) is 0 Å². The van der Waals surface area contributed by atoms with E-state index >= 15 is 0 Å². The Balaban J connectivity index is 1.62. The van der Waals surface area contributed by atoms with Crippen LogP contribution in [0.5, 0.6) is 0 Å². The molecule has 0 N–H and O–H groups in total. The molecule has 24 heavy (non-hydrogen) atoms. The van der Waals surface area contributed by atoms with Crippen LogP contribution < -0.4 is 4.90 Å². The Morgan fingerprint density at radius 1 is 1.42 bits per heavy atom. The minimum atomic E-state index is 0.156. The van der Waals surface area contributed by atoms with Crippen LogP contribution in [-0.4, -0.2) is 60.1 Å². The van der Waals surface area contributed by atoms with Crippen molar-refractivity contribution in [2.24, 2.45) is 5.92 Å². The lowest BCUT2D eigenvalue weighted by Crippen LogP contribution is -2.52. The Bertz CT molecular complexity index is 574. The quantitative estimate of drug-likeness (QED) is 0.852. The molecule has 0 aromatic carbocycles. The largest absolute Gasteiger partial charge is 0.324 e. The molecular formula is C19H30N4O. The molecule has 0 bridgehead atoms. The zero-order chi connectivity index (χ0) is 17.1. The SMILES string of the molecule is CC(C)CCN(C)[C@H]1CCCN(C(=O)N2CCc3ncccc32)C1. The van der Waals surface area contributed by atoms with E-state index < -0.39 is 0 Å². The van der Waals surface area contributed by atoms with Crippen LogP contribution in [0.25, 0.3) is 0 Å². The summed E-state index contributed by atoms with van der Waals surface area (Å²) in [5.74, 6) is 0.724. The van der Waals surface area contributed by atoms with Crippen LogP contribution in [0.1, 0.15) is 38.8 Å². The highest BCUT2D eigenvalue weighted by Crippen LogP contribution is 2.27. The molecule has 2 aliphatic heterocycles. The van der Waals surface area contributed by atoms with E-state index in [9.17, 15) is 4.79 Å². The van der Waals surface area contributed by atoms with E-state index in [1.54, 1.807) is 0 Å². The van der Waals surface area contributed by atoms with Crippen LogP contribution in [0, 0.1) is 5.92 Å². The van der Waals surface area contributed by atoms with Crippen LogP contribution in [0.4, 0.5) is 10.5 Å². The number of amides is 2. The standard InChI is InChI=1S/C19H30N4O/c1-15(2)8-12-21(3)16-6-5-11-22(14-16)19(24)23-13-9-17-18(23)7-4-10-20-17/h4,7,10,15-16H,5-6,8-9,11-14H2,1-3H3/t16-/m0/s1. The Hall–Kier alpha value is -1.62. The van der Waals surface area contributed by atoms with Gasteiger partial charge in [0.2, 0.25) is 0 Å². The van der Waals surface area contributed by atoms with Gasteiger partial charge < -0.3 is 9.80 Å². The zero-order valence-electron chi connectivity index (χ0n) is 15.2. The smallest absolute Gasteiger partial charge is 0.323 e. The van der Waals surface area contributed by atoms with Gasteiger partial charge >= 0.3 is 6.03 Å². The normalized spacial score (nSPS) is 20.8. The van der Waals surface area contributed by atoms with Gasteiger partial charge in [0.25, 0.3) is 0 Å². The minimum Gasteiger partial charge on any atom is -0.323 e. The molecule has 0 radical (unpaired) electrons. The summed E-state index contributed by atoms with van der Waals surface area (Å²) in [5, 5.41) is 0. The second-order valence-electron chi connectivity index (χ2n) is 7.56. The van der Waals surface area contributed by atoms with E-state index in [1.807, 2.05) is 28.1 Å². The van der Waals surface area contributed by atoms with Gasteiger partial charge in [-0.2, -0.15) is 0 Å². The summed E-state index contributed by atoms with van der Waals surface area (Å²) in [6.45, 7) is 8.13. The second-order valence-corrected chi connectivity index (χ2v) is 7.56. The second kappa shape index (κ2) is 7.51. The number of pyridine rings is 1. The van der Waals surface area contributed by atoms with Crippen molar-refractivity contribution in [1.29, 1.82) is 0 Å². The first kappa shape index (κ1) is 17.2. The molecule has 2 amide bonds. The number of rotatable bonds is 4. The summed E-state index contributed by atoms with van der Waals surface area (Å²) in [6.07, 6.45) is 6.18. The van der Waals surface area contributed by atoms with Gasteiger partial charge in [-0.15, -0.1) is 0 Å². The Morgan fingerprint density at radius 2 is 2.25 bits per heavy atom. The van der Waals surface area contributed by atoms with Crippen molar-refractivity contribution in [2.75, 3.05) is 38.1 Å². The van der Waals surface area contributed by atoms with Gasteiger partial charge in [0.15, 0.2) is 0 Å². The summed E-state index contributed by atoms with van der Waals surface area (Å²) in [6, 6.07) is 4.58. The molecule has 132 valence electrons. The maximum absolute atomic E-state index is 13.0. The van der Waals surface area contributed by atoms with Crippen LogP contribution in [-0.2, 0) is 6.42 Å². The highest BCUT2D eigenvalue weighted by atomic mass is 16.2. The first-order chi connectivity index (χ1) is 11.6. The van der Waals surface area contributed by atoms with E-state index in [0.29, 0.717) is 6.04 Å². The van der Waals surface area contributed by atoms with Gasteiger partial charge in [-0.1, -0.05) is 13.8 Å². The van der Waals surface area contributed by atoms with Gasteiger partial charge in [0.1, 0.15) is 0 Å². The van der Waals surface area contributed by atoms with Crippen molar-refractivity contribution in [3.05, 3.63) is 24.0 Å². The summed E-state index contributed by atoms with van der Waals surface area (Å²) in [7, 11) is 2.20. The van der Waals surface area contributed by atoms with E-state index in [-0.39, 0.29) is 6.03 Å². The molecule has 0 aliphatic carbocycles. The number of urea groups is 1. The van der Waals surface area contributed by atoms with E-state index in [0.717, 1.165) is 56.3 Å². The van der Waals surface area contributed by atoms with E-state index in [2.05, 4.69) is 30.8 Å². The van der Waals surface area contributed by atoms with Gasteiger partial charge in [-0.25, -0.2) is 4.79 Å². The molecule has 1 fully saturated rings. The lowest BCUT2D eigenvalue weighted by Gasteiger charge is -2.39. The average Bonchev–Trinajstić information content (AvgIpc) is 3.03. The van der Waals surface area contributed by atoms with Gasteiger partial charge in [0.05, 0.1) is 11.4 Å². The molecule has 0 saturated carbocycles. The number of piperidine rings is 1. The topological polar surface area (TPSA) is 39.7 Å². The van der Waals surface area contributed by atoms with Gasteiger partial charge in [0, 0.05) is 38.3 Å². The molecule has 3 rings (SSSR count). The third kappa shape index (κ3) is 3.72. The number of fused-ring (bicyclic) bond motifs is 1. The number of likely N-dealkylation sites (N-methyl/N-ethyl adjacent to an activating group) is 1. The lowest BCUT2D eigenvalue weighted by atomic mass is 10.0. The number of carbonyl (C=O) groups excluding carboxylic acids is 1. The molecule has 1 atom stereocenters. The van der Waals surface area contributed by atoms with Crippen molar-refractivity contribution in [2.45, 2.75) is 45.6 Å². The molecule has 5 heteroatoms. The first-order valence-corrected chi connectivity index (χ1v) is 9.27. The maximum Gasteiger partial charge on any atom is 0.324 e. The molecule has 0 spiro atoms. The van der Waals surface area contributed by atoms with Crippen LogP contribution in [0.15, 0.2) is 18.3 Å². The van der Waals surface area contributed by atoms with Crippen LogP contribution in [0.2, 0.25) is 0 Å². The van der Waals surface area contributed by atoms with E-state index in [1.165, 1.54) is 12.8 Å². The Labute approximate surface area is 145 Å². The fourth-order valence-corrected chi connectivity index (χ4v) is 3.71. The molecule has 3 heterocycles. The molecule has 1 aromatic rings. The monoisotopic (exact) mass is 330 g/mol. The van der Waals surface area contributed by atoms with Crippen molar-refractivity contribution in [3.63, 3.8) is 0 Å². The van der Waals surface area contributed by atoms with Gasteiger partial charge in [-0.3, -0.25) is 9.88 Å². The summed E-state index contributed by atoms with van der Waals surface area (Å²) < 4.78 is 0. The number of aromatic nitrogens is 1. The third-order valence-corrected chi connectivity index (χ3v) is 5.31. The molecule has 1 saturated heterocycles. The lowest BCUT2D eigenvalue weighted by molar-refractivity contribution is 0.126. The van der Waals surface area contributed by atoms with Crippen molar-refractivity contribution in [3.8, 4) is 0 Å². The predicted molar refractivity (Wildman–Crippen MR) is 97.4 cm³/mol. The number of likely N-dealkylation sites (tertiary alicyclic amines) is 1. The van der Waals surface area contributed by atoms with Gasteiger partial charge in [-0.05, 0) is 50.9 Å². The van der Waals surface area contributed by atoms with Crippen molar-refractivity contribution in [1.82, 2.24) is 14.8 Å². The first-order valence-electron chi connectivity index (χ1n) is 9.27.